The van der Waals surface area contributed by atoms with Crippen LogP contribution in [0.1, 0.15) is 24.2 Å². The quantitative estimate of drug-likeness (QED) is 0.161. The van der Waals surface area contributed by atoms with Crippen LogP contribution in [0.15, 0.2) is 75.1 Å². The largest absolute Gasteiger partial charge is 0.464 e. The van der Waals surface area contributed by atoms with Crippen molar-refractivity contribution in [3.05, 3.63) is 76.6 Å². The standard InChI is InChI=1S/C24H21N3O4S2/c1-4-10-27-23(30)20-18(19-9-6-11-31-19)13-32-22(20)26-24(27)33-15(3)21(29)25-17-8-5-7-16(12-17)14(2)28/h4-9,11-13,15H,1,10H2,2-3H3,(H,25,29). The van der Waals surface area contributed by atoms with Crippen molar-refractivity contribution >= 4 is 50.7 Å². The van der Waals surface area contributed by atoms with Gasteiger partial charge in [0.25, 0.3) is 5.56 Å². The van der Waals surface area contributed by atoms with Gasteiger partial charge in [-0.3, -0.25) is 19.0 Å². The van der Waals surface area contributed by atoms with Crippen molar-refractivity contribution in [1.29, 1.82) is 0 Å². The number of ketones is 1. The molecular formula is C24H21N3O4S2. The van der Waals surface area contributed by atoms with Crippen LogP contribution in [0, 0.1) is 0 Å². The molecule has 1 atom stereocenters. The summed E-state index contributed by atoms with van der Waals surface area (Å²) in [5.41, 5.74) is 1.54. The van der Waals surface area contributed by atoms with Crippen LogP contribution in [0.5, 0.6) is 0 Å². The fourth-order valence-corrected chi connectivity index (χ4v) is 5.16. The molecule has 1 aromatic carbocycles. The predicted molar refractivity (Wildman–Crippen MR) is 132 cm³/mol. The average molecular weight is 480 g/mol. The van der Waals surface area contributed by atoms with Crippen LogP contribution in [-0.2, 0) is 11.3 Å². The molecule has 7 nitrogen and oxygen atoms in total. The van der Waals surface area contributed by atoms with Crippen molar-refractivity contribution in [1.82, 2.24) is 9.55 Å². The number of furan rings is 1. The third kappa shape index (κ3) is 4.69. The number of anilines is 1. The van der Waals surface area contributed by atoms with Gasteiger partial charge < -0.3 is 9.73 Å². The Morgan fingerprint density at radius 2 is 2.15 bits per heavy atom. The maximum atomic E-state index is 13.4. The molecule has 3 heterocycles. The van der Waals surface area contributed by atoms with Crippen LogP contribution in [0.4, 0.5) is 5.69 Å². The number of Topliss-reactive ketones (excluding diaryl/α,β-unsaturated/α-hetero) is 1. The van der Waals surface area contributed by atoms with Crippen molar-refractivity contribution in [3.8, 4) is 11.3 Å². The molecule has 1 N–H and O–H groups in total. The van der Waals surface area contributed by atoms with Gasteiger partial charge in [0.15, 0.2) is 10.9 Å². The van der Waals surface area contributed by atoms with E-state index in [0.29, 0.717) is 37.9 Å². The van der Waals surface area contributed by atoms with E-state index in [-0.39, 0.29) is 23.8 Å². The number of rotatable bonds is 8. The molecule has 0 radical (unpaired) electrons. The molecule has 0 aliphatic heterocycles. The Hall–Kier alpha value is -3.43. The van der Waals surface area contributed by atoms with Gasteiger partial charge in [-0.2, -0.15) is 0 Å². The van der Waals surface area contributed by atoms with E-state index >= 15 is 0 Å². The average Bonchev–Trinajstić information content (AvgIpc) is 3.46. The first-order valence-corrected chi connectivity index (χ1v) is 11.9. The summed E-state index contributed by atoms with van der Waals surface area (Å²) >= 11 is 2.55. The van der Waals surface area contributed by atoms with Gasteiger partial charge in [-0.05, 0) is 38.1 Å². The topological polar surface area (TPSA) is 94.2 Å². The Bertz CT molecular complexity index is 1400. The number of carbonyl (C=O) groups is 2. The summed E-state index contributed by atoms with van der Waals surface area (Å²) in [6.45, 7) is 7.22. The van der Waals surface area contributed by atoms with E-state index in [1.165, 1.54) is 34.6 Å². The fourth-order valence-electron chi connectivity index (χ4n) is 3.27. The maximum Gasteiger partial charge on any atom is 0.263 e. The molecule has 0 aliphatic carbocycles. The highest BCUT2D eigenvalue weighted by Gasteiger charge is 2.22. The Kier molecular flexibility index (Phi) is 6.62. The highest BCUT2D eigenvalue weighted by molar-refractivity contribution is 8.00. The number of hydrogen-bond donors (Lipinski definition) is 1. The SMILES string of the molecule is C=CCn1c(SC(C)C(=O)Nc2cccc(C(C)=O)c2)nc2scc(-c3ccco3)c2c1=O. The molecule has 0 saturated heterocycles. The van der Waals surface area contributed by atoms with E-state index in [1.54, 1.807) is 55.7 Å². The second-order valence-corrected chi connectivity index (χ2v) is 9.46. The number of amides is 1. The maximum absolute atomic E-state index is 13.4. The van der Waals surface area contributed by atoms with Crippen molar-refractivity contribution in [2.24, 2.45) is 0 Å². The molecule has 4 aromatic rings. The highest BCUT2D eigenvalue weighted by Crippen LogP contribution is 2.33. The number of nitrogens with one attached hydrogen (secondary N) is 1. The third-order valence-corrected chi connectivity index (χ3v) is 6.91. The zero-order valence-corrected chi connectivity index (χ0v) is 19.7. The molecule has 1 unspecified atom stereocenters. The van der Waals surface area contributed by atoms with E-state index in [2.05, 4.69) is 16.9 Å². The van der Waals surface area contributed by atoms with Gasteiger partial charge >= 0.3 is 0 Å². The van der Waals surface area contributed by atoms with Gasteiger partial charge in [0.1, 0.15) is 10.6 Å². The molecule has 0 saturated carbocycles. The zero-order chi connectivity index (χ0) is 23.5. The van der Waals surface area contributed by atoms with Crippen LogP contribution < -0.4 is 10.9 Å². The summed E-state index contributed by atoms with van der Waals surface area (Å²) in [5.74, 6) is 0.262. The lowest BCUT2D eigenvalue weighted by atomic mass is 10.1. The first kappa shape index (κ1) is 22.8. The lowest BCUT2D eigenvalue weighted by Crippen LogP contribution is -2.26. The van der Waals surface area contributed by atoms with E-state index in [9.17, 15) is 14.4 Å². The molecule has 0 fully saturated rings. The number of aromatic nitrogens is 2. The van der Waals surface area contributed by atoms with Crippen LogP contribution in [-0.4, -0.2) is 26.5 Å². The summed E-state index contributed by atoms with van der Waals surface area (Å²) in [6.07, 6.45) is 3.18. The van der Waals surface area contributed by atoms with Gasteiger partial charge in [-0.1, -0.05) is 30.0 Å². The first-order valence-electron chi connectivity index (χ1n) is 10.1. The van der Waals surface area contributed by atoms with Gasteiger partial charge in [0.2, 0.25) is 5.91 Å². The minimum Gasteiger partial charge on any atom is -0.464 e. The number of benzene rings is 1. The lowest BCUT2D eigenvalue weighted by Gasteiger charge is -2.15. The minimum absolute atomic E-state index is 0.0793. The Labute approximate surface area is 198 Å². The van der Waals surface area contributed by atoms with Crippen molar-refractivity contribution in [2.45, 2.75) is 30.8 Å². The normalized spacial score (nSPS) is 11.9. The smallest absolute Gasteiger partial charge is 0.263 e. The minimum atomic E-state index is -0.545. The molecule has 33 heavy (non-hydrogen) atoms. The Morgan fingerprint density at radius 1 is 1.33 bits per heavy atom. The number of carbonyl (C=O) groups excluding carboxylic acids is 2. The summed E-state index contributed by atoms with van der Waals surface area (Å²) in [4.78, 5) is 43.0. The van der Waals surface area contributed by atoms with E-state index in [0.717, 1.165) is 0 Å². The van der Waals surface area contributed by atoms with Crippen molar-refractivity contribution in [3.63, 3.8) is 0 Å². The number of allylic oxidation sites excluding steroid dienone is 1. The first-order chi connectivity index (χ1) is 15.9. The molecule has 4 rings (SSSR count). The van der Waals surface area contributed by atoms with Gasteiger partial charge in [-0.25, -0.2) is 4.98 Å². The van der Waals surface area contributed by atoms with E-state index < -0.39 is 5.25 Å². The number of fused-ring (bicyclic) bond motifs is 1. The van der Waals surface area contributed by atoms with Crippen LogP contribution in [0.25, 0.3) is 21.5 Å². The van der Waals surface area contributed by atoms with Crippen LogP contribution in [0.2, 0.25) is 0 Å². The van der Waals surface area contributed by atoms with Crippen LogP contribution >= 0.6 is 23.1 Å². The second-order valence-electron chi connectivity index (χ2n) is 7.29. The number of nitrogens with zero attached hydrogens (tertiary/aromatic N) is 2. The van der Waals surface area contributed by atoms with E-state index in [1.807, 2.05) is 5.38 Å². The summed E-state index contributed by atoms with van der Waals surface area (Å²) in [6, 6.07) is 10.3. The molecule has 0 bridgehead atoms. The Balaban J connectivity index is 1.63. The lowest BCUT2D eigenvalue weighted by molar-refractivity contribution is -0.115. The summed E-state index contributed by atoms with van der Waals surface area (Å²) < 4.78 is 6.99. The summed E-state index contributed by atoms with van der Waals surface area (Å²) in [5, 5.41) is 5.05. The fraction of sp³-hybridized carbons (Fsp3) is 0.167. The predicted octanol–water partition coefficient (Wildman–Crippen LogP) is 5.23. The molecule has 3 aromatic heterocycles. The van der Waals surface area contributed by atoms with Crippen LogP contribution in [0.3, 0.4) is 0 Å². The number of hydrogen-bond acceptors (Lipinski definition) is 7. The molecule has 9 heteroatoms. The molecule has 0 spiro atoms. The molecular weight excluding hydrogens is 458 g/mol. The van der Waals surface area contributed by atoms with Gasteiger partial charge in [0.05, 0.1) is 16.9 Å². The van der Waals surface area contributed by atoms with Gasteiger partial charge in [-0.15, -0.1) is 17.9 Å². The molecule has 168 valence electrons. The monoisotopic (exact) mass is 479 g/mol. The van der Waals surface area contributed by atoms with Crippen molar-refractivity contribution < 1.29 is 14.0 Å². The second kappa shape index (κ2) is 9.60. The van der Waals surface area contributed by atoms with E-state index in [4.69, 9.17) is 4.42 Å². The molecule has 1 amide bonds. The van der Waals surface area contributed by atoms with Crippen molar-refractivity contribution in [2.75, 3.05) is 5.32 Å². The number of thioether (sulfide) groups is 1. The third-order valence-electron chi connectivity index (χ3n) is 4.95. The Morgan fingerprint density at radius 3 is 2.85 bits per heavy atom. The zero-order valence-electron chi connectivity index (χ0n) is 18.0. The van der Waals surface area contributed by atoms with Gasteiger partial charge in [0, 0.05) is 28.7 Å². The molecule has 0 aliphatic rings. The number of thiophene rings is 1. The summed E-state index contributed by atoms with van der Waals surface area (Å²) in [7, 11) is 0. The highest BCUT2D eigenvalue weighted by atomic mass is 32.2.